The fourth-order valence-electron chi connectivity index (χ4n) is 5.64. The van der Waals surface area contributed by atoms with Crippen LogP contribution in [0.15, 0.2) is 48.5 Å². The van der Waals surface area contributed by atoms with Crippen molar-refractivity contribution in [2.75, 3.05) is 36.5 Å². The third kappa shape index (κ3) is 4.85. The number of likely N-dealkylation sites (tertiary alicyclic amines) is 1. The second-order valence-corrected chi connectivity index (χ2v) is 10.1. The van der Waals surface area contributed by atoms with Crippen molar-refractivity contribution >= 4 is 17.4 Å². The highest BCUT2D eigenvalue weighted by atomic mass is 19.4. The number of para-hydroxylation sites is 1. The van der Waals surface area contributed by atoms with Crippen LogP contribution in [0.5, 0.6) is 0 Å². The highest BCUT2D eigenvalue weighted by molar-refractivity contribution is 6.03. The van der Waals surface area contributed by atoms with Crippen LogP contribution in [0.25, 0.3) is 0 Å². The number of hydrogen-bond acceptors (Lipinski definition) is 6. The summed E-state index contributed by atoms with van der Waals surface area (Å²) in [5.74, 6) is -0.718. The van der Waals surface area contributed by atoms with Crippen molar-refractivity contribution in [3.8, 4) is 0 Å². The average Bonchev–Trinajstić information content (AvgIpc) is 3.31. The van der Waals surface area contributed by atoms with Gasteiger partial charge < -0.3 is 15.3 Å². The molecule has 1 spiro atoms. The van der Waals surface area contributed by atoms with Crippen molar-refractivity contribution in [2.45, 2.75) is 44.4 Å². The number of hydrogen-bond donors (Lipinski definition) is 2. The number of aliphatic hydroxyl groups is 1. The molecule has 7 nitrogen and oxygen atoms in total. The molecule has 0 aliphatic carbocycles. The second kappa shape index (κ2) is 10.2. The summed E-state index contributed by atoms with van der Waals surface area (Å²) in [6.07, 6.45) is -4.34. The minimum atomic E-state index is -4.82. The van der Waals surface area contributed by atoms with Gasteiger partial charge >= 0.3 is 6.18 Å². The molecular weight excluding hydrogens is 514 g/mol. The number of halogens is 4. The van der Waals surface area contributed by atoms with Crippen molar-refractivity contribution in [1.82, 2.24) is 14.9 Å². The lowest BCUT2D eigenvalue weighted by atomic mass is 9.76. The molecule has 2 aromatic carbocycles. The molecule has 0 saturated carbocycles. The Bertz CT molecular complexity index is 1380. The van der Waals surface area contributed by atoms with Gasteiger partial charge in [0.05, 0.1) is 30.5 Å². The molecule has 1 amide bonds. The number of β-amino-alcohol motifs (C(OH)–C–C–N with tert-alkyl or cyclic N) is 1. The van der Waals surface area contributed by atoms with E-state index in [1.807, 2.05) is 35.2 Å². The number of carbonyl (C=O) groups is 1. The first-order chi connectivity index (χ1) is 18.5. The van der Waals surface area contributed by atoms with E-state index in [4.69, 9.17) is 4.98 Å². The Labute approximate surface area is 223 Å². The maximum atomic E-state index is 15.0. The van der Waals surface area contributed by atoms with Gasteiger partial charge in [-0.1, -0.05) is 30.3 Å². The monoisotopic (exact) mass is 543 g/mol. The third-order valence-electron chi connectivity index (χ3n) is 7.53. The van der Waals surface area contributed by atoms with Crippen molar-refractivity contribution in [1.29, 1.82) is 0 Å². The summed E-state index contributed by atoms with van der Waals surface area (Å²) < 4.78 is 55.0. The van der Waals surface area contributed by atoms with E-state index in [2.05, 4.69) is 10.3 Å². The first-order valence-electron chi connectivity index (χ1n) is 12.8. The molecule has 206 valence electrons. The Balaban J connectivity index is 1.60. The third-order valence-corrected chi connectivity index (χ3v) is 7.53. The van der Waals surface area contributed by atoms with E-state index in [1.54, 1.807) is 18.7 Å². The maximum Gasteiger partial charge on any atom is 0.419 e. The van der Waals surface area contributed by atoms with E-state index in [-0.39, 0.29) is 24.6 Å². The van der Waals surface area contributed by atoms with Gasteiger partial charge in [-0.25, -0.2) is 14.4 Å². The lowest BCUT2D eigenvalue weighted by Crippen LogP contribution is -2.53. The van der Waals surface area contributed by atoms with Crippen molar-refractivity contribution < 1.29 is 27.5 Å². The van der Waals surface area contributed by atoms with Crippen LogP contribution >= 0.6 is 0 Å². The lowest BCUT2D eigenvalue weighted by molar-refractivity contribution is -0.140. The number of nitrogens with zero attached hydrogens (tertiary/aromatic N) is 4. The van der Waals surface area contributed by atoms with Crippen molar-refractivity contribution in [2.24, 2.45) is 0 Å². The molecule has 1 unspecified atom stereocenters. The first-order valence-corrected chi connectivity index (χ1v) is 12.8. The van der Waals surface area contributed by atoms with Crippen LogP contribution in [0.3, 0.4) is 0 Å². The van der Waals surface area contributed by atoms with Crippen LogP contribution < -0.4 is 10.2 Å². The Kier molecular flexibility index (Phi) is 7.06. The number of alkyl halides is 3. The summed E-state index contributed by atoms with van der Waals surface area (Å²) in [7, 11) is 0. The van der Waals surface area contributed by atoms with Gasteiger partial charge in [-0.3, -0.25) is 9.69 Å². The SMILES string of the molecule is Cc1nc(N[C@H](C)c2cccc(C(F)(F)F)c2F)c2c(n1)C1(CCN(CCO)C1)C(=O)N(c1ccccc1)C2. The predicted octanol–water partition coefficient (Wildman–Crippen LogP) is 4.60. The van der Waals surface area contributed by atoms with Crippen LogP contribution in [-0.2, 0) is 22.9 Å². The van der Waals surface area contributed by atoms with Gasteiger partial charge in [0, 0.05) is 29.9 Å². The standard InChI is InChI=1S/C28H29F4N5O2/c1-17(20-9-6-10-22(23(20)29)28(30,31)32)33-25-21-15-37(19-7-4-3-5-8-19)26(39)27(24(21)34-18(2)35-25)11-12-36(16-27)13-14-38/h3-10,17,38H,11-16H2,1-2H3,(H,33,34,35)/t17-,27?/m1/s1. The van der Waals surface area contributed by atoms with Gasteiger partial charge in [-0.2, -0.15) is 13.2 Å². The van der Waals surface area contributed by atoms with E-state index < -0.39 is 29.0 Å². The Morgan fingerprint density at radius 3 is 2.56 bits per heavy atom. The first kappa shape index (κ1) is 27.0. The summed E-state index contributed by atoms with van der Waals surface area (Å²) in [5, 5.41) is 12.6. The molecule has 1 aromatic heterocycles. The molecule has 2 atom stereocenters. The molecule has 1 saturated heterocycles. The van der Waals surface area contributed by atoms with Crippen LogP contribution in [0, 0.1) is 12.7 Å². The summed E-state index contributed by atoms with van der Waals surface area (Å²) in [4.78, 5) is 27.1. The molecule has 5 rings (SSSR count). The van der Waals surface area contributed by atoms with Gasteiger partial charge in [0.25, 0.3) is 0 Å². The Hall–Kier alpha value is -3.57. The number of aliphatic hydroxyl groups excluding tert-OH is 1. The van der Waals surface area contributed by atoms with Gasteiger partial charge in [-0.05, 0) is 45.0 Å². The summed E-state index contributed by atoms with van der Waals surface area (Å²) in [5.41, 5.74) is -0.582. The number of nitrogens with one attached hydrogen (secondary N) is 1. The van der Waals surface area contributed by atoms with Gasteiger partial charge in [-0.15, -0.1) is 0 Å². The molecule has 2 aliphatic heterocycles. The van der Waals surface area contributed by atoms with Crippen LogP contribution in [0.1, 0.15) is 47.6 Å². The maximum absolute atomic E-state index is 15.0. The molecular formula is C28H29F4N5O2. The number of amides is 1. The number of benzene rings is 2. The average molecular weight is 544 g/mol. The Morgan fingerprint density at radius 2 is 1.87 bits per heavy atom. The fourth-order valence-corrected chi connectivity index (χ4v) is 5.64. The molecule has 39 heavy (non-hydrogen) atoms. The topological polar surface area (TPSA) is 81.6 Å². The largest absolute Gasteiger partial charge is 0.419 e. The quantitative estimate of drug-likeness (QED) is 0.443. The number of fused-ring (bicyclic) bond motifs is 2. The molecule has 2 aliphatic rings. The summed E-state index contributed by atoms with van der Waals surface area (Å²) in [6, 6.07) is 11.5. The molecule has 11 heteroatoms. The zero-order valence-electron chi connectivity index (χ0n) is 21.6. The number of aromatic nitrogens is 2. The predicted molar refractivity (Wildman–Crippen MR) is 138 cm³/mol. The summed E-state index contributed by atoms with van der Waals surface area (Å²) in [6.45, 7) is 4.71. The van der Waals surface area contributed by atoms with Gasteiger partial charge in [0.15, 0.2) is 0 Å². The highest BCUT2D eigenvalue weighted by Crippen LogP contribution is 2.44. The molecule has 3 aromatic rings. The lowest BCUT2D eigenvalue weighted by Gasteiger charge is -2.41. The van der Waals surface area contributed by atoms with E-state index in [1.165, 1.54) is 12.1 Å². The van der Waals surface area contributed by atoms with Crippen molar-refractivity contribution in [3.63, 3.8) is 0 Å². The summed E-state index contributed by atoms with van der Waals surface area (Å²) >= 11 is 0. The normalized spacial score (nSPS) is 20.4. The van der Waals surface area contributed by atoms with E-state index in [0.29, 0.717) is 60.7 Å². The minimum absolute atomic E-state index is 0.0464. The van der Waals surface area contributed by atoms with Crippen molar-refractivity contribution in [3.05, 3.63) is 82.6 Å². The molecule has 0 radical (unpaired) electrons. The number of carbonyl (C=O) groups excluding carboxylic acids is 1. The Morgan fingerprint density at radius 1 is 1.13 bits per heavy atom. The van der Waals surface area contributed by atoms with Gasteiger partial charge in [0.2, 0.25) is 5.91 Å². The van der Waals surface area contributed by atoms with Crippen LogP contribution in [0.2, 0.25) is 0 Å². The number of aryl methyl sites for hydroxylation is 1. The number of rotatable bonds is 6. The number of anilines is 2. The molecule has 2 N–H and O–H groups in total. The van der Waals surface area contributed by atoms with E-state index >= 15 is 0 Å². The minimum Gasteiger partial charge on any atom is -0.395 e. The van der Waals surface area contributed by atoms with E-state index in [0.717, 1.165) is 0 Å². The second-order valence-electron chi connectivity index (χ2n) is 10.1. The zero-order valence-corrected chi connectivity index (χ0v) is 21.6. The smallest absolute Gasteiger partial charge is 0.395 e. The highest BCUT2D eigenvalue weighted by Gasteiger charge is 2.53. The fraction of sp³-hybridized carbons (Fsp3) is 0.393. The van der Waals surface area contributed by atoms with Gasteiger partial charge in [0.1, 0.15) is 22.9 Å². The van der Waals surface area contributed by atoms with E-state index in [9.17, 15) is 27.5 Å². The van der Waals surface area contributed by atoms with Crippen LogP contribution in [0.4, 0.5) is 29.1 Å². The van der Waals surface area contributed by atoms with Crippen LogP contribution in [-0.4, -0.2) is 52.1 Å². The zero-order chi connectivity index (χ0) is 27.9. The molecule has 1 fully saturated rings. The molecule has 3 heterocycles. The molecule has 0 bridgehead atoms.